The van der Waals surface area contributed by atoms with Crippen molar-refractivity contribution in [1.82, 2.24) is 14.0 Å². The van der Waals surface area contributed by atoms with Gasteiger partial charge in [0.1, 0.15) is 11.4 Å². The number of hydrogen-bond donors (Lipinski definition) is 0. The number of halogens is 1. The molecule has 5 nitrogen and oxygen atoms in total. The summed E-state index contributed by atoms with van der Waals surface area (Å²) >= 11 is 5.99. The molecule has 4 aromatic rings. The molecule has 0 bridgehead atoms. The van der Waals surface area contributed by atoms with Crippen LogP contribution in [0.4, 0.5) is 0 Å². The van der Waals surface area contributed by atoms with Gasteiger partial charge in [0.25, 0.3) is 5.56 Å². The van der Waals surface area contributed by atoms with Crippen LogP contribution in [-0.2, 0) is 6.54 Å². The number of pyridine rings is 2. The fourth-order valence-electron chi connectivity index (χ4n) is 2.78. The molecule has 0 amide bonds. The van der Waals surface area contributed by atoms with Crippen LogP contribution in [0, 0.1) is 0 Å². The summed E-state index contributed by atoms with van der Waals surface area (Å²) in [5.41, 5.74) is 1.52. The zero-order chi connectivity index (χ0) is 16.7. The van der Waals surface area contributed by atoms with Crippen LogP contribution in [0.5, 0.6) is 5.75 Å². The maximum Gasteiger partial charge on any atom is 0.258 e. The van der Waals surface area contributed by atoms with Crippen LogP contribution in [0.15, 0.2) is 59.8 Å². The van der Waals surface area contributed by atoms with Gasteiger partial charge < -0.3 is 13.7 Å². The van der Waals surface area contributed by atoms with E-state index in [0.717, 1.165) is 16.7 Å². The number of ether oxygens (including phenoxy) is 1. The van der Waals surface area contributed by atoms with Crippen LogP contribution in [0.3, 0.4) is 0 Å². The first-order valence-electron chi connectivity index (χ1n) is 7.44. The third kappa shape index (κ3) is 2.53. The lowest BCUT2D eigenvalue weighted by molar-refractivity contribution is 0.415. The highest BCUT2D eigenvalue weighted by Gasteiger charge is 2.07. The normalized spacial score (nSPS) is 11.2. The third-order valence-corrected chi connectivity index (χ3v) is 4.21. The van der Waals surface area contributed by atoms with Gasteiger partial charge in [0, 0.05) is 18.6 Å². The molecule has 0 fully saturated rings. The summed E-state index contributed by atoms with van der Waals surface area (Å²) in [6.45, 7) is 0.394. The topological polar surface area (TPSA) is 48.5 Å². The van der Waals surface area contributed by atoms with Crippen molar-refractivity contribution in [2.45, 2.75) is 6.54 Å². The molecular weight excluding hydrogens is 326 g/mol. The first-order valence-corrected chi connectivity index (χ1v) is 7.82. The van der Waals surface area contributed by atoms with E-state index in [1.165, 1.54) is 0 Å². The van der Waals surface area contributed by atoms with Gasteiger partial charge in [0.15, 0.2) is 0 Å². The number of imidazole rings is 1. The second-order valence-electron chi connectivity index (χ2n) is 5.55. The Labute approximate surface area is 142 Å². The van der Waals surface area contributed by atoms with E-state index in [4.69, 9.17) is 16.3 Å². The van der Waals surface area contributed by atoms with Crippen molar-refractivity contribution in [2.24, 2.45) is 0 Å². The molecule has 0 atom stereocenters. The average Bonchev–Trinajstić information content (AvgIpc) is 2.98. The highest BCUT2D eigenvalue weighted by atomic mass is 35.5. The molecule has 0 saturated carbocycles. The number of hydrogen-bond acceptors (Lipinski definition) is 3. The maximum absolute atomic E-state index is 12.7. The Morgan fingerprint density at radius 3 is 2.88 bits per heavy atom. The van der Waals surface area contributed by atoms with E-state index in [0.29, 0.717) is 22.7 Å². The minimum Gasteiger partial charge on any atom is -0.497 e. The number of fused-ring (bicyclic) bond motifs is 2. The van der Waals surface area contributed by atoms with Gasteiger partial charge in [-0.1, -0.05) is 17.7 Å². The molecule has 0 spiro atoms. The molecule has 24 heavy (non-hydrogen) atoms. The Bertz CT molecular complexity index is 1110. The van der Waals surface area contributed by atoms with Crippen molar-refractivity contribution in [3.8, 4) is 5.75 Å². The number of methoxy groups -OCH3 is 1. The molecule has 0 saturated heterocycles. The van der Waals surface area contributed by atoms with Gasteiger partial charge in [0.05, 0.1) is 29.8 Å². The van der Waals surface area contributed by atoms with Crippen LogP contribution in [0.25, 0.3) is 16.4 Å². The molecule has 1 aromatic carbocycles. The zero-order valence-electron chi connectivity index (χ0n) is 12.9. The third-order valence-electron chi connectivity index (χ3n) is 3.98. The molecule has 0 aliphatic heterocycles. The Morgan fingerprint density at radius 2 is 2.04 bits per heavy atom. The number of benzene rings is 1. The molecular formula is C18H14ClN3O2. The molecule has 6 heteroatoms. The van der Waals surface area contributed by atoms with Crippen molar-refractivity contribution in [3.63, 3.8) is 0 Å². The lowest BCUT2D eigenvalue weighted by Gasteiger charge is -2.06. The van der Waals surface area contributed by atoms with E-state index < -0.39 is 0 Å². The standard InChI is InChI=1S/C18H14ClN3O2/c1-24-15-4-2-12-6-7-21(18(23)16(12)8-15)10-14-11-22-9-13(19)3-5-17(22)20-14/h2-9,11H,10H2,1H3. The lowest BCUT2D eigenvalue weighted by Crippen LogP contribution is -2.20. The van der Waals surface area contributed by atoms with Crippen molar-refractivity contribution in [3.05, 3.63) is 76.1 Å². The summed E-state index contributed by atoms with van der Waals surface area (Å²) in [7, 11) is 1.59. The van der Waals surface area contributed by atoms with Gasteiger partial charge in [-0.3, -0.25) is 4.79 Å². The lowest BCUT2D eigenvalue weighted by atomic mass is 10.1. The van der Waals surface area contributed by atoms with E-state index in [2.05, 4.69) is 4.98 Å². The molecule has 4 rings (SSSR count). The average molecular weight is 340 g/mol. The molecule has 0 aliphatic carbocycles. The SMILES string of the molecule is COc1ccc2ccn(Cc3cn4cc(Cl)ccc4n3)c(=O)c2c1. The minimum absolute atomic E-state index is 0.0681. The molecule has 0 radical (unpaired) electrons. The smallest absolute Gasteiger partial charge is 0.258 e. The number of rotatable bonds is 3. The second kappa shape index (κ2) is 5.69. The predicted octanol–water partition coefficient (Wildman–Crippen LogP) is 3.36. The van der Waals surface area contributed by atoms with Crippen molar-refractivity contribution >= 4 is 28.0 Å². The molecule has 3 heterocycles. The fraction of sp³-hybridized carbons (Fsp3) is 0.111. The van der Waals surface area contributed by atoms with E-state index in [1.54, 1.807) is 36.2 Å². The molecule has 120 valence electrons. The van der Waals surface area contributed by atoms with Gasteiger partial charge in [-0.2, -0.15) is 0 Å². The number of nitrogens with zero attached hydrogens (tertiary/aromatic N) is 3. The van der Waals surface area contributed by atoms with Gasteiger partial charge in [-0.25, -0.2) is 4.98 Å². The van der Waals surface area contributed by atoms with Gasteiger partial charge >= 0.3 is 0 Å². The number of aromatic nitrogens is 3. The predicted molar refractivity (Wildman–Crippen MR) is 94.1 cm³/mol. The monoisotopic (exact) mass is 339 g/mol. The summed E-state index contributed by atoms with van der Waals surface area (Å²) in [5, 5.41) is 2.16. The first-order chi connectivity index (χ1) is 11.6. The van der Waals surface area contributed by atoms with Crippen LogP contribution in [-0.4, -0.2) is 21.1 Å². The largest absolute Gasteiger partial charge is 0.497 e. The Hall–Kier alpha value is -2.79. The van der Waals surface area contributed by atoms with Crippen LogP contribution >= 0.6 is 11.6 Å². The second-order valence-corrected chi connectivity index (χ2v) is 5.98. The molecule has 0 aliphatic rings. The van der Waals surface area contributed by atoms with Crippen molar-refractivity contribution in [1.29, 1.82) is 0 Å². The van der Waals surface area contributed by atoms with Crippen molar-refractivity contribution in [2.75, 3.05) is 7.11 Å². The highest BCUT2D eigenvalue weighted by molar-refractivity contribution is 6.30. The summed E-state index contributed by atoms with van der Waals surface area (Å²) < 4.78 is 8.71. The van der Waals surface area contributed by atoms with Crippen molar-refractivity contribution < 1.29 is 4.74 Å². The van der Waals surface area contributed by atoms with Gasteiger partial charge in [-0.05, 0) is 35.7 Å². The molecule has 0 unspecified atom stereocenters. The molecule has 0 N–H and O–H groups in total. The van der Waals surface area contributed by atoms with Crippen LogP contribution < -0.4 is 10.3 Å². The van der Waals surface area contributed by atoms with E-state index in [9.17, 15) is 4.79 Å². The Morgan fingerprint density at radius 1 is 1.17 bits per heavy atom. The van der Waals surface area contributed by atoms with E-state index in [-0.39, 0.29) is 5.56 Å². The van der Waals surface area contributed by atoms with Gasteiger partial charge in [-0.15, -0.1) is 0 Å². The minimum atomic E-state index is -0.0681. The Kier molecular flexibility index (Phi) is 3.50. The molecule has 3 aromatic heterocycles. The fourth-order valence-corrected chi connectivity index (χ4v) is 2.95. The quantitative estimate of drug-likeness (QED) is 0.575. The summed E-state index contributed by atoms with van der Waals surface area (Å²) in [4.78, 5) is 17.2. The van der Waals surface area contributed by atoms with Crippen LogP contribution in [0.2, 0.25) is 5.02 Å². The van der Waals surface area contributed by atoms with Crippen LogP contribution in [0.1, 0.15) is 5.69 Å². The van der Waals surface area contributed by atoms with Gasteiger partial charge in [0.2, 0.25) is 0 Å². The van der Waals surface area contributed by atoms with E-state index >= 15 is 0 Å². The van der Waals surface area contributed by atoms with E-state index in [1.807, 2.05) is 34.9 Å². The summed E-state index contributed by atoms with van der Waals surface area (Å²) in [6.07, 6.45) is 5.46. The summed E-state index contributed by atoms with van der Waals surface area (Å²) in [5.74, 6) is 0.666. The zero-order valence-corrected chi connectivity index (χ0v) is 13.7. The Balaban J connectivity index is 1.77. The summed E-state index contributed by atoms with van der Waals surface area (Å²) in [6, 6.07) is 11.0. The maximum atomic E-state index is 12.7. The first kappa shape index (κ1) is 14.8. The highest BCUT2D eigenvalue weighted by Crippen LogP contribution is 2.18.